The fourth-order valence-corrected chi connectivity index (χ4v) is 2.45. The zero-order chi connectivity index (χ0) is 11.7. The first-order chi connectivity index (χ1) is 6.98. The fourth-order valence-electron chi connectivity index (χ4n) is 1.08. The number of sulfonamides is 1. The van der Waals surface area contributed by atoms with E-state index in [-0.39, 0.29) is 5.75 Å². The Balaban J connectivity index is 3.56. The summed E-state index contributed by atoms with van der Waals surface area (Å²) in [5.41, 5.74) is 0. The van der Waals surface area contributed by atoms with Crippen LogP contribution in [0.1, 0.15) is 19.3 Å². The molecule has 92 valence electrons. The molecule has 0 aliphatic rings. The van der Waals surface area contributed by atoms with E-state index in [0.717, 1.165) is 19.4 Å². The highest BCUT2D eigenvalue weighted by Gasteiger charge is 2.08. The Kier molecular flexibility index (Phi) is 8.42. The molecule has 0 amide bonds. The predicted molar refractivity (Wildman–Crippen MR) is 64.9 cm³/mol. The molecule has 6 heteroatoms. The van der Waals surface area contributed by atoms with Gasteiger partial charge in [-0.25, -0.2) is 13.1 Å². The number of nitrogens with one attached hydrogen (secondary N) is 1. The Morgan fingerprint density at radius 1 is 1.20 bits per heavy atom. The highest BCUT2D eigenvalue weighted by molar-refractivity contribution is 7.89. The van der Waals surface area contributed by atoms with Crippen LogP contribution in [-0.2, 0) is 10.0 Å². The van der Waals surface area contributed by atoms with Crippen LogP contribution in [0.2, 0.25) is 0 Å². The van der Waals surface area contributed by atoms with Crippen LogP contribution in [0.15, 0.2) is 0 Å². The normalized spacial score (nSPS) is 12.3. The SMILES string of the molecule is CN(C)CCCNS(=O)(=O)CCCCCl. The predicted octanol–water partition coefficient (Wildman–Crippen LogP) is 0.876. The van der Waals surface area contributed by atoms with Crippen LogP contribution in [-0.4, -0.2) is 52.1 Å². The van der Waals surface area contributed by atoms with Crippen LogP contribution in [0, 0.1) is 0 Å². The van der Waals surface area contributed by atoms with Crippen molar-refractivity contribution >= 4 is 21.6 Å². The molecule has 4 nitrogen and oxygen atoms in total. The number of nitrogens with zero attached hydrogens (tertiary/aromatic N) is 1. The first kappa shape index (κ1) is 15.2. The van der Waals surface area contributed by atoms with Crippen molar-refractivity contribution in [2.45, 2.75) is 19.3 Å². The van der Waals surface area contributed by atoms with Crippen molar-refractivity contribution in [1.29, 1.82) is 0 Å². The van der Waals surface area contributed by atoms with E-state index in [1.165, 1.54) is 0 Å². The highest BCUT2D eigenvalue weighted by Crippen LogP contribution is 1.96. The quantitative estimate of drug-likeness (QED) is 0.492. The van der Waals surface area contributed by atoms with E-state index >= 15 is 0 Å². The molecule has 15 heavy (non-hydrogen) atoms. The largest absolute Gasteiger partial charge is 0.309 e. The Labute approximate surface area is 98.0 Å². The zero-order valence-electron chi connectivity index (χ0n) is 9.50. The topological polar surface area (TPSA) is 49.4 Å². The zero-order valence-corrected chi connectivity index (χ0v) is 11.1. The van der Waals surface area contributed by atoms with Crippen molar-refractivity contribution in [3.8, 4) is 0 Å². The van der Waals surface area contributed by atoms with Gasteiger partial charge in [0.15, 0.2) is 0 Å². The van der Waals surface area contributed by atoms with Crippen LogP contribution >= 0.6 is 11.6 Å². The summed E-state index contributed by atoms with van der Waals surface area (Å²) in [5.74, 6) is 0.706. The van der Waals surface area contributed by atoms with Gasteiger partial charge in [-0.15, -0.1) is 11.6 Å². The van der Waals surface area contributed by atoms with Gasteiger partial charge in [0, 0.05) is 12.4 Å². The van der Waals surface area contributed by atoms with Crippen LogP contribution in [0.3, 0.4) is 0 Å². The molecule has 0 radical (unpaired) electrons. The molecule has 0 unspecified atom stereocenters. The molecule has 0 aliphatic carbocycles. The number of hydrogen-bond acceptors (Lipinski definition) is 3. The van der Waals surface area contributed by atoms with E-state index < -0.39 is 10.0 Å². The van der Waals surface area contributed by atoms with Gasteiger partial charge in [0.25, 0.3) is 0 Å². The standard InChI is InChI=1S/C9H21ClN2O2S/c1-12(2)8-5-7-11-15(13,14)9-4-3-6-10/h11H,3-9H2,1-2H3. The number of alkyl halides is 1. The summed E-state index contributed by atoms with van der Waals surface area (Å²) in [6.07, 6.45) is 2.22. The third kappa shape index (κ3) is 10.4. The van der Waals surface area contributed by atoms with E-state index in [4.69, 9.17) is 11.6 Å². The molecule has 0 aromatic rings. The van der Waals surface area contributed by atoms with Crippen molar-refractivity contribution in [1.82, 2.24) is 9.62 Å². The summed E-state index contributed by atoms with van der Waals surface area (Å²) in [6.45, 7) is 1.41. The number of unbranched alkanes of at least 4 members (excludes halogenated alkanes) is 1. The molecule has 0 rings (SSSR count). The molecular weight excluding hydrogens is 236 g/mol. The second-order valence-electron chi connectivity index (χ2n) is 3.77. The van der Waals surface area contributed by atoms with Crippen LogP contribution in [0.5, 0.6) is 0 Å². The Hall–Kier alpha value is 0.160. The fraction of sp³-hybridized carbons (Fsp3) is 1.00. The van der Waals surface area contributed by atoms with Gasteiger partial charge in [0.1, 0.15) is 0 Å². The maximum absolute atomic E-state index is 11.4. The Morgan fingerprint density at radius 2 is 1.87 bits per heavy atom. The summed E-state index contributed by atoms with van der Waals surface area (Å²) >= 11 is 5.47. The van der Waals surface area contributed by atoms with Gasteiger partial charge >= 0.3 is 0 Å². The van der Waals surface area contributed by atoms with E-state index in [1.807, 2.05) is 19.0 Å². The maximum atomic E-state index is 11.4. The number of halogens is 1. The summed E-state index contributed by atoms with van der Waals surface area (Å²) < 4.78 is 25.3. The molecule has 0 saturated heterocycles. The molecule has 0 atom stereocenters. The average molecular weight is 257 g/mol. The Bertz CT molecular complexity index is 242. The first-order valence-electron chi connectivity index (χ1n) is 5.16. The number of rotatable bonds is 9. The van der Waals surface area contributed by atoms with Crippen molar-refractivity contribution < 1.29 is 8.42 Å². The average Bonchev–Trinajstić information content (AvgIpc) is 2.13. The summed E-state index contributed by atoms with van der Waals surface area (Å²) in [6, 6.07) is 0. The second-order valence-corrected chi connectivity index (χ2v) is 6.07. The maximum Gasteiger partial charge on any atom is 0.211 e. The number of hydrogen-bond donors (Lipinski definition) is 1. The molecule has 0 fully saturated rings. The van der Waals surface area contributed by atoms with E-state index in [0.29, 0.717) is 18.8 Å². The van der Waals surface area contributed by atoms with E-state index in [9.17, 15) is 8.42 Å². The minimum Gasteiger partial charge on any atom is -0.309 e. The lowest BCUT2D eigenvalue weighted by atomic mass is 10.4. The third-order valence-corrected chi connectivity index (χ3v) is 3.64. The van der Waals surface area contributed by atoms with Gasteiger partial charge in [-0.3, -0.25) is 0 Å². The van der Waals surface area contributed by atoms with Crippen molar-refractivity contribution in [2.24, 2.45) is 0 Å². The minimum atomic E-state index is -3.08. The van der Waals surface area contributed by atoms with Gasteiger partial charge in [-0.2, -0.15) is 0 Å². The van der Waals surface area contributed by atoms with Gasteiger partial charge in [0.05, 0.1) is 5.75 Å². The molecule has 0 bridgehead atoms. The lowest BCUT2D eigenvalue weighted by Gasteiger charge is -2.10. The second kappa shape index (κ2) is 8.33. The van der Waals surface area contributed by atoms with Crippen LogP contribution in [0.25, 0.3) is 0 Å². The van der Waals surface area contributed by atoms with Gasteiger partial charge < -0.3 is 4.90 Å². The highest BCUT2D eigenvalue weighted by atomic mass is 35.5. The van der Waals surface area contributed by atoms with E-state index in [2.05, 4.69) is 4.72 Å². The molecular formula is C9H21ClN2O2S. The molecule has 1 N–H and O–H groups in total. The van der Waals surface area contributed by atoms with Crippen LogP contribution < -0.4 is 4.72 Å². The van der Waals surface area contributed by atoms with Gasteiger partial charge in [-0.05, 0) is 39.9 Å². The van der Waals surface area contributed by atoms with Gasteiger partial charge in [-0.1, -0.05) is 0 Å². The molecule has 0 spiro atoms. The molecule has 0 saturated carbocycles. The smallest absolute Gasteiger partial charge is 0.211 e. The minimum absolute atomic E-state index is 0.182. The third-order valence-electron chi connectivity index (χ3n) is 1.90. The molecule has 0 heterocycles. The summed E-state index contributed by atoms with van der Waals surface area (Å²) in [7, 11) is 0.856. The molecule has 0 aromatic carbocycles. The van der Waals surface area contributed by atoms with Crippen molar-refractivity contribution in [3.05, 3.63) is 0 Å². The molecule has 0 aliphatic heterocycles. The van der Waals surface area contributed by atoms with Crippen molar-refractivity contribution in [3.63, 3.8) is 0 Å². The van der Waals surface area contributed by atoms with Crippen LogP contribution in [0.4, 0.5) is 0 Å². The Morgan fingerprint density at radius 3 is 2.40 bits per heavy atom. The summed E-state index contributed by atoms with van der Waals surface area (Å²) in [5, 5.41) is 0. The summed E-state index contributed by atoms with van der Waals surface area (Å²) in [4.78, 5) is 2.03. The monoisotopic (exact) mass is 256 g/mol. The van der Waals surface area contributed by atoms with Crippen molar-refractivity contribution in [2.75, 3.05) is 38.8 Å². The lowest BCUT2D eigenvalue weighted by Crippen LogP contribution is -2.29. The molecule has 0 aromatic heterocycles. The lowest BCUT2D eigenvalue weighted by molar-refractivity contribution is 0.400. The van der Waals surface area contributed by atoms with E-state index in [1.54, 1.807) is 0 Å². The van der Waals surface area contributed by atoms with Gasteiger partial charge in [0.2, 0.25) is 10.0 Å². The first-order valence-corrected chi connectivity index (χ1v) is 7.34.